The highest BCUT2D eigenvalue weighted by Crippen LogP contribution is 2.32. The maximum Gasteiger partial charge on any atom is 0.207 e. The average molecular weight is 269 g/mol. The molecule has 2 aromatic rings. The molecule has 0 aliphatic heterocycles. The number of rotatable bonds is 4. The van der Waals surface area contributed by atoms with E-state index in [1.807, 2.05) is 13.0 Å². The first-order valence-electron chi connectivity index (χ1n) is 7.09. The Labute approximate surface area is 118 Å². The van der Waals surface area contributed by atoms with Crippen LogP contribution in [0.4, 0.5) is 0 Å². The van der Waals surface area contributed by atoms with Gasteiger partial charge in [-0.05, 0) is 31.7 Å². The molecule has 0 radical (unpaired) electrons. The summed E-state index contributed by atoms with van der Waals surface area (Å²) >= 11 is 0. The molecule has 1 aliphatic rings. The van der Waals surface area contributed by atoms with E-state index in [1.54, 1.807) is 0 Å². The van der Waals surface area contributed by atoms with Crippen LogP contribution in [0.1, 0.15) is 41.4 Å². The van der Waals surface area contributed by atoms with Crippen LogP contribution in [0.2, 0.25) is 0 Å². The third-order valence-electron chi connectivity index (χ3n) is 3.98. The van der Waals surface area contributed by atoms with Crippen LogP contribution in [0.3, 0.4) is 0 Å². The van der Waals surface area contributed by atoms with Gasteiger partial charge in [-0.3, -0.25) is 9.48 Å². The van der Waals surface area contributed by atoms with E-state index in [1.165, 1.54) is 16.8 Å². The minimum Gasteiger partial charge on any atom is -0.352 e. The zero-order valence-electron chi connectivity index (χ0n) is 11.7. The highest BCUT2D eigenvalue weighted by molar-refractivity contribution is 5.49. The van der Waals surface area contributed by atoms with Gasteiger partial charge >= 0.3 is 0 Å². The molecule has 4 nitrogen and oxygen atoms in total. The summed E-state index contributed by atoms with van der Waals surface area (Å²) in [7, 11) is 0. The summed E-state index contributed by atoms with van der Waals surface area (Å²) in [5, 5.41) is 7.61. The van der Waals surface area contributed by atoms with Crippen molar-refractivity contribution in [3.8, 4) is 0 Å². The zero-order valence-corrected chi connectivity index (χ0v) is 11.7. The lowest BCUT2D eigenvalue weighted by Crippen LogP contribution is -2.24. The molecule has 1 amide bonds. The Morgan fingerprint density at radius 1 is 1.40 bits per heavy atom. The first-order valence-corrected chi connectivity index (χ1v) is 7.09. The van der Waals surface area contributed by atoms with Crippen LogP contribution >= 0.6 is 0 Å². The number of hydrogen-bond donors (Lipinski definition) is 1. The van der Waals surface area contributed by atoms with Crippen molar-refractivity contribution in [2.24, 2.45) is 0 Å². The van der Waals surface area contributed by atoms with Crippen LogP contribution < -0.4 is 5.32 Å². The van der Waals surface area contributed by atoms with E-state index in [-0.39, 0.29) is 6.04 Å². The summed E-state index contributed by atoms with van der Waals surface area (Å²) in [5.41, 5.74) is 4.79. The molecule has 104 valence electrons. The normalized spacial score (nSPS) is 17.6. The fourth-order valence-electron chi connectivity index (χ4n) is 3.11. The monoisotopic (exact) mass is 269 g/mol. The fourth-order valence-corrected chi connectivity index (χ4v) is 3.11. The second-order valence-electron chi connectivity index (χ2n) is 5.32. The molecule has 3 rings (SSSR count). The van der Waals surface area contributed by atoms with Gasteiger partial charge in [0.15, 0.2) is 0 Å². The molecule has 0 saturated carbocycles. The molecule has 0 saturated heterocycles. The molecule has 1 atom stereocenters. The van der Waals surface area contributed by atoms with Crippen molar-refractivity contribution in [3.05, 3.63) is 52.8 Å². The Balaban J connectivity index is 1.94. The minimum atomic E-state index is 0.126. The SMILES string of the molecule is Cc1nn(Cc2ccccc2)c2c1C(NC=O)CCC2. The van der Waals surface area contributed by atoms with Gasteiger partial charge in [0.05, 0.1) is 18.3 Å². The number of fused-ring (bicyclic) bond motifs is 1. The van der Waals surface area contributed by atoms with Crippen LogP contribution in [0, 0.1) is 6.92 Å². The molecule has 1 aromatic heterocycles. The van der Waals surface area contributed by atoms with Crippen LogP contribution in [0.25, 0.3) is 0 Å². The Bertz CT molecular complexity index is 604. The molecular weight excluding hydrogens is 250 g/mol. The van der Waals surface area contributed by atoms with E-state index in [2.05, 4.69) is 39.4 Å². The van der Waals surface area contributed by atoms with Gasteiger partial charge in [0, 0.05) is 11.3 Å². The number of carbonyl (C=O) groups excluding carboxylic acids is 1. The topological polar surface area (TPSA) is 46.9 Å². The van der Waals surface area contributed by atoms with Gasteiger partial charge in [0.25, 0.3) is 0 Å². The lowest BCUT2D eigenvalue weighted by atomic mass is 9.91. The van der Waals surface area contributed by atoms with Crippen molar-refractivity contribution in [2.45, 2.75) is 38.8 Å². The summed E-state index contributed by atoms with van der Waals surface area (Å²) < 4.78 is 2.10. The highest BCUT2D eigenvalue weighted by atomic mass is 16.1. The molecule has 4 heteroatoms. The molecule has 0 bridgehead atoms. The summed E-state index contributed by atoms with van der Waals surface area (Å²) in [6.45, 7) is 2.83. The number of nitrogens with one attached hydrogen (secondary N) is 1. The molecule has 20 heavy (non-hydrogen) atoms. The first-order chi connectivity index (χ1) is 9.79. The van der Waals surface area contributed by atoms with E-state index in [0.717, 1.165) is 37.9 Å². The molecular formula is C16H19N3O. The smallest absolute Gasteiger partial charge is 0.207 e. The third-order valence-corrected chi connectivity index (χ3v) is 3.98. The van der Waals surface area contributed by atoms with Crippen LogP contribution in [0.15, 0.2) is 30.3 Å². The van der Waals surface area contributed by atoms with E-state index >= 15 is 0 Å². The lowest BCUT2D eigenvalue weighted by Gasteiger charge is -2.23. The largest absolute Gasteiger partial charge is 0.352 e. The standard InChI is InChI=1S/C16H19N3O/c1-12-16-14(17-11-20)8-5-9-15(16)19(18-12)10-13-6-3-2-4-7-13/h2-4,6-7,11,14H,5,8-10H2,1H3,(H,17,20). The van der Waals surface area contributed by atoms with Crippen LogP contribution in [-0.2, 0) is 17.8 Å². The van der Waals surface area contributed by atoms with Gasteiger partial charge in [-0.2, -0.15) is 5.10 Å². The van der Waals surface area contributed by atoms with Gasteiger partial charge in [0.1, 0.15) is 0 Å². The Kier molecular flexibility index (Phi) is 3.54. The first kappa shape index (κ1) is 12.9. The average Bonchev–Trinajstić information content (AvgIpc) is 2.78. The molecule has 1 N–H and O–H groups in total. The number of carbonyl (C=O) groups is 1. The van der Waals surface area contributed by atoms with Gasteiger partial charge in [0.2, 0.25) is 6.41 Å². The predicted octanol–water partition coefficient (Wildman–Crippen LogP) is 2.36. The highest BCUT2D eigenvalue weighted by Gasteiger charge is 2.26. The van der Waals surface area contributed by atoms with E-state index in [0.29, 0.717) is 0 Å². The fraction of sp³-hybridized carbons (Fsp3) is 0.375. The summed E-state index contributed by atoms with van der Waals surface area (Å²) in [4.78, 5) is 10.8. The van der Waals surface area contributed by atoms with Crippen molar-refractivity contribution in [1.82, 2.24) is 15.1 Å². The van der Waals surface area contributed by atoms with Crippen molar-refractivity contribution in [2.75, 3.05) is 0 Å². The number of nitrogens with zero attached hydrogens (tertiary/aromatic N) is 2. The van der Waals surface area contributed by atoms with E-state index in [9.17, 15) is 4.79 Å². The number of aryl methyl sites for hydroxylation is 1. The minimum absolute atomic E-state index is 0.126. The Morgan fingerprint density at radius 3 is 2.95 bits per heavy atom. The van der Waals surface area contributed by atoms with Gasteiger partial charge in [-0.25, -0.2) is 0 Å². The van der Waals surface area contributed by atoms with Crippen molar-refractivity contribution < 1.29 is 4.79 Å². The molecule has 1 heterocycles. The molecule has 0 spiro atoms. The summed E-state index contributed by atoms with van der Waals surface area (Å²) in [6.07, 6.45) is 3.94. The van der Waals surface area contributed by atoms with Gasteiger partial charge in [-0.15, -0.1) is 0 Å². The summed E-state index contributed by atoms with van der Waals surface area (Å²) in [5.74, 6) is 0. The second kappa shape index (κ2) is 5.49. The number of amides is 1. The molecule has 1 unspecified atom stereocenters. The number of benzene rings is 1. The maximum atomic E-state index is 10.8. The zero-order chi connectivity index (χ0) is 13.9. The summed E-state index contributed by atoms with van der Waals surface area (Å²) in [6, 6.07) is 10.5. The Hall–Kier alpha value is -2.10. The maximum absolute atomic E-state index is 10.8. The second-order valence-corrected chi connectivity index (χ2v) is 5.32. The van der Waals surface area contributed by atoms with Crippen molar-refractivity contribution in [1.29, 1.82) is 0 Å². The van der Waals surface area contributed by atoms with Gasteiger partial charge in [-0.1, -0.05) is 30.3 Å². The number of aromatic nitrogens is 2. The number of hydrogen-bond acceptors (Lipinski definition) is 2. The van der Waals surface area contributed by atoms with Crippen molar-refractivity contribution in [3.63, 3.8) is 0 Å². The van der Waals surface area contributed by atoms with Gasteiger partial charge < -0.3 is 5.32 Å². The molecule has 1 aliphatic carbocycles. The van der Waals surface area contributed by atoms with E-state index in [4.69, 9.17) is 0 Å². The third kappa shape index (κ3) is 2.33. The van der Waals surface area contributed by atoms with Crippen LogP contribution in [-0.4, -0.2) is 16.2 Å². The predicted molar refractivity (Wildman–Crippen MR) is 77.4 cm³/mol. The lowest BCUT2D eigenvalue weighted by molar-refractivity contribution is -0.110. The molecule has 0 fully saturated rings. The van der Waals surface area contributed by atoms with Crippen molar-refractivity contribution >= 4 is 6.41 Å². The quantitative estimate of drug-likeness (QED) is 0.866. The van der Waals surface area contributed by atoms with E-state index < -0.39 is 0 Å². The Morgan fingerprint density at radius 2 is 2.20 bits per heavy atom. The molecule has 1 aromatic carbocycles. The van der Waals surface area contributed by atoms with Crippen LogP contribution in [0.5, 0.6) is 0 Å².